The van der Waals surface area contributed by atoms with Crippen LogP contribution in [0.2, 0.25) is 5.02 Å². The number of sulfone groups is 1. The van der Waals surface area contributed by atoms with Gasteiger partial charge in [0.15, 0.2) is 21.5 Å². The fraction of sp³-hybridized carbons (Fsp3) is 0.367. The number of nitrogens with one attached hydrogen (secondary N) is 3. The van der Waals surface area contributed by atoms with E-state index in [-0.39, 0.29) is 45.7 Å². The van der Waals surface area contributed by atoms with E-state index in [0.717, 1.165) is 5.39 Å². The summed E-state index contributed by atoms with van der Waals surface area (Å²) in [6.45, 7) is 7.53. The number of ether oxygens (including phenoxy) is 2. The molecule has 2 aromatic heterocycles. The molecule has 3 heterocycles. The van der Waals surface area contributed by atoms with Crippen molar-refractivity contribution in [2.24, 2.45) is 0 Å². The van der Waals surface area contributed by atoms with Crippen LogP contribution in [0.4, 0.5) is 23.1 Å². The predicted octanol–water partition coefficient (Wildman–Crippen LogP) is 5.32. The van der Waals surface area contributed by atoms with Crippen molar-refractivity contribution in [2.75, 3.05) is 24.3 Å². The van der Waals surface area contributed by atoms with Crippen LogP contribution in [0.15, 0.2) is 53.7 Å². The lowest BCUT2D eigenvalue weighted by Gasteiger charge is -2.17. The largest absolute Gasteiger partial charge is 0.494 e. The number of carbonyl (C=O) groups is 1. The van der Waals surface area contributed by atoms with Crippen molar-refractivity contribution in [3.8, 4) is 11.6 Å². The van der Waals surface area contributed by atoms with E-state index < -0.39 is 21.1 Å². The molecule has 1 saturated heterocycles. The Balaban J connectivity index is 1.48. The highest BCUT2D eigenvalue weighted by Crippen LogP contribution is 2.40. The summed E-state index contributed by atoms with van der Waals surface area (Å²) in [4.78, 5) is 21.0. The fourth-order valence-corrected chi connectivity index (χ4v) is 6.40. The van der Waals surface area contributed by atoms with Crippen LogP contribution in [0.3, 0.4) is 0 Å². The molecule has 2 atom stereocenters. The summed E-state index contributed by atoms with van der Waals surface area (Å²) in [6, 6.07) is 9.50. The van der Waals surface area contributed by atoms with Crippen LogP contribution in [-0.4, -0.2) is 65.1 Å². The molecule has 1 aliphatic heterocycles. The summed E-state index contributed by atoms with van der Waals surface area (Å²) < 4.78 is 38.6. The first kappa shape index (κ1) is 31.4. The van der Waals surface area contributed by atoms with E-state index in [2.05, 4.69) is 25.9 Å². The molecule has 0 amide bonds. The van der Waals surface area contributed by atoms with Crippen LogP contribution in [0.1, 0.15) is 40.2 Å². The van der Waals surface area contributed by atoms with Gasteiger partial charge >= 0.3 is 5.97 Å². The number of methoxy groups -OCH3 is 1. The van der Waals surface area contributed by atoms with E-state index in [9.17, 15) is 18.3 Å². The number of esters is 1. The fourth-order valence-electron chi connectivity index (χ4n) is 5.06. The molecule has 0 saturated carbocycles. The summed E-state index contributed by atoms with van der Waals surface area (Å²) in [5.41, 5.74) is 0.826. The molecule has 2 aromatic carbocycles. The lowest BCUT2D eigenvalue weighted by atomic mass is 10.1. The summed E-state index contributed by atoms with van der Waals surface area (Å²) in [6.07, 6.45) is 3.54. The van der Waals surface area contributed by atoms with Crippen molar-refractivity contribution in [1.82, 2.24) is 19.9 Å². The molecule has 5 rings (SSSR count). The van der Waals surface area contributed by atoms with Crippen LogP contribution < -0.4 is 20.7 Å². The zero-order valence-electron chi connectivity index (χ0n) is 25.0. The second-order valence-corrected chi connectivity index (χ2v) is 13.9. The Kier molecular flexibility index (Phi) is 8.91. The van der Waals surface area contributed by atoms with Gasteiger partial charge in [-0.3, -0.25) is 4.79 Å². The first-order chi connectivity index (χ1) is 20.9. The third kappa shape index (κ3) is 6.26. The van der Waals surface area contributed by atoms with Gasteiger partial charge in [0.25, 0.3) is 0 Å². The van der Waals surface area contributed by atoms with E-state index in [1.807, 2.05) is 26.1 Å². The SMILES string of the molecule is COC(=O)[C@@H]1C[C@H](n2cc3cc(OC(C)C)c(Nc4ncc(Cl)c(Nc5ccccc5S(=O)(=O)C(C)C)n4)cc3c2O)CN1. The van der Waals surface area contributed by atoms with E-state index in [1.165, 1.54) is 19.4 Å². The number of aromatic hydroxyl groups is 1. The Morgan fingerprint density at radius 3 is 2.61 bits per heavy atom. The molecule has 0 unspecified atom stereocenters. The van der Waals surface area contributed by atoms with Crippen molar-refractivity contribution in [1.29, 1.82) is 0 Å². The Morgan fingerprint density at radius 2 is 1.91 bits per heavy atom. The van der Waals surface area contributed by atoms with E-state index in [4.69, 9.17) is 21.1 Å². The van der Waals surface area contributed by atoms with Gasteiger partial charge < -0.3 is 35.1 Å². The van der Waals surface area contributed by atoms with Crippen molar-refractivity contribution < 1.29 is 27.8 Å². The summed E-state index contributed by atoms with van der Waals surface area (Å²) >= 11 is 6.42. The molecular weight excluding hydrogens is 608 g/mol. The minimum Gasteiger partial charge on any atom is -0.494 e. The number of carbonyl (C=O) groups excluding carboxylic acids is 1. The highest BCUT2D eigenvalue weighted by Gasteiger charge is 2.32. The van der Waals surface area contributed by atoms with E-state index in [0.29, 0.717) is 35.5 Å². The molecule has 0 spiro atoms. The van der Waals surface area contributed by atoms with Crippen molar-refractivity contribution in [3.63, 3.8) is 0 Å². The average Bonchev–Trinajstić information content (AvgIpc) is 3.59. The molecule has 1 fully saturated rings. The number of anilines is 4. The lowest BCUT2D eigenvalue weighted by Crippen LogP contribution is -2.31. The number of aromatic nitrogens is 3. The van der Waals surface area contributed by atoms with Crippen LogP contribution in [0.5, 0.6) is 11.6 Å². The maximum atomic E-state index is 13.0. The number of halogens is 1. The summed E-state index contributed by atoms with van der Waals surface area (Å²) in [5, 5.41) is 21.4. The van der Waals surface area contributed by atoms with Gasteiger partial charge in [0, 0.05) is 23.5 Å². The number of rotatable bonds is 10. The molecule has 0 bridgehead atoms. The third-order valence-electron chi connectivity index (χ3n) is 7.32. The molecule has 44 heavy (non-hydrogen) atoms. The monoisotopic (exact) mass is 642 g/mol. The highest BCUT2D eigenvalue weighted by atomic mass is 35.5. The highest BCUT2D eigenvalue weighted by molar-refractivity contribution is 7.92. The Bertz CT molecular complexity index is 1810. The first-order valence-corrected chi connectivity index (χ1v) is 16.1. The van der Waals surface area contributed by atoms with Crippen LogP contribution in [0.25, 0.3) is 10.8 Å². The zero-order chi connectivity index (χ0) is 31.8. The molecule has 12 nitrogen and oxygen atoms in total. The summed E-state index contributed by atoms with van der Waals surface area (Å²) in [5.74, 6) is 0.561. The molecule has 0 aliphatic carbocycles. The minimum absolute atomic E-state index is 0.0406. The topological polar surface area (TPSA) is 157 Å². The molecule has 1 aliphatic rings. The lowest BCUT2D eigenvalue weighted by molar-refractivity contribution is -0.142. The van der Waals surface area contributed by atoms with Crippen LogP contribution in [0, 0.1) is 0 Å². The number of hydrogen-bond acceptors (Lipinski definition) is 11. The molecule has 14 heteroatoms. The first-order valence-electron chi connectivity index (χ1n) is 14.1. The van der Waals surface area contributed by atoms with Crippen molar-refractivity contribution in [2.45, 2.75) is 62.4 Å². The van der Waals surface area contributed by atoms with Gasteiger partial charge in [-0.25, -0.2) is 13.4 Å². The Hall–Kier alpha value is -4.07. The second-order valence-electron chi connectivity index (χ2n) is 11.1. The van der Waals surface area contributed by atoms with Gasteiger partial charge in [-0.2, -0.15) is 4.98 Å². The van der Waals surface area contributed by atoms with E-state index in [1.54, 1.807) is 42.7 Å². The van der Waals surface area contributed by atoms with Gasteiger partial charge in [-0.05, 0) is 58.4 Å². The summed E-state index contributed by atoms with van der Waals surface area (Å²) in [7, 11) is -2.24. The van der Waals surface area contributed by atoms with E-state index >= 15 is 0 Å². The molecule has 0 radical (unpaired) electrons. The normalized spacial score (nSPS) is 16.9. The number of hydrogen-bond donors (Lipinski definition) is 4. The third-order valence-corrected chi connectivity index (χ3v) is 9.81. The minimum atomic E-state index is -3.59. The zero-order valence-corrected chi connectivity index (χ0v) is 26.5. The van der Waals surface area contributed by atoms with Crippen molar-refractivity contribution >= 4 is 61.3 Å². The number of nitrogens with zero attached hydrogens (tertiary/aromatic N) is 3. The van der Waals surface area contributed by atoms with Crippen LogP contribution in [-0.2, 0) is 19.4 Å². The van der Waals surface area contributed by atoms with Crippen molar-refractivity contribution in [3.05, 3.63) is 53.8 Å². The Labute approximate surface area is 260 Å². The van der Waals surface area contributed by atoms with Gasteiger partial charge in [0.05, 0.1) is 47.0 Å². The molecule has 4 aromatic rings. The second kappa shape index (κ2) is 12.5. The smallest absolute Gasteiger partial charge is 0.322 e. The van der Waals surface area contributed by atoms with Gasteiger partial charge in [0.1, 0.15) is 16.8 Å². The van der Waals surface area contributed by atoms with Gasteiger partial charge in [0.2, 0.25) is 5.95 Å². The molecular formula is C30H35ClN6O6S. The average molecular weight is 643 g/mol. The Morgan fingerprint density at radius 1 is 1.16 bits per heavy atom. The molecule has 234 valence electrons. The number of fused-ring (bicyclic) bond motifs is 1. The van der Waals surface area contributed by atoms with Crippen LogP contribution >= 0.6 is 11.6 Å². The van der Waals surface area contributed by atoms with Gasteiger partial charge in [-0.1, -0.05) is 23.7 Å². The number of para-hydroxylation sites is 1. The maximum absolute atomic E-state index is 13.0. The maximum Gasteiger partial charge on any atom is 0.322 e. The van der Waals surface area contributed by atoms with Gasteiger partial charge in [-0.15, -0.1) is 0 Å². The standard InChI is InChI=1S/C30H35ClN6O6S/c1-16(2)43-25-10-18-15-37(19-11-24(32-13-19)29(39)42-5)28(38)20(18)12-23(25)35-30-33-14-21(31)27(36-30)34-22-8-6-7-9-26(22)44(40,41)17(3)4/h6-10,12,14-17,19,24,32,38H,11,13H2,1-5H3,(H2,33,34,35,36)/t19-,24-/m0/s1. The predicted molar refractivity (Wildman–Crippen MR) is 169 cm³/mol. The molecule has 4 N–H and O–H groups in total. The number of benzene rings is 2. The quantitative estimate of drug-likeness (QED) is 0.166.